The number of hydrogen-bond donors (Lipinski definition) is 1. The van der Waals surface area contributed by atoms with E-state index in [1.54, 1.807) is 7.11 Å². The Morgan fingerprint density at radius 1 is 1.12 bits per heavy atom. The van der Waals surface area contributed by atoms with Crippen molar-refractivity contribution in [3.8, 4) is 17.2 Å². The van der Waals surface area contributed by atoms with E-state index in [1.807, 2.05) is 54.6 Å². The van der Waals surface area contributed by atoms with Gasteiger partial charge in [-0.15, -0.1) is 10.2 Å². The highest BCUT2D eigenvalue weighted by atomic mass is 16.5. The van der Waals surface area contributed by atoms with E-state index in [4.69, 9.17) is 9.15 Å². The third kappa shape index (κ3) is 4.67. The van der Waals surface area contributed by atoms with Crippen molar-refractivity contribution >= 4 is 5.91 Å². The first kappa shape index (κ1) is 16.7. The number of nitrogens with one attached hydrogen (secondary N) is 1. The van der Waals surface area contributed by atoms with Gasteiger partial charge in [0, 0.05) is 24.9 Å². The van der Waals surface area contributed by atoms with Crippen LogP contribution in [0.2, 0.25) is 0 Å². The molecule has 0 fully saturated rings. The molecule has 0 aliphatic rings. The Bertz CT molecular complexity index is 831. The molecule has 0 saturated carbocycles. The Labute approximate surface area is 145 Å². The van der Waals surface area contributed by atoms with Gasteiger partial charge >= 0.3 is 0 Å². The van der Waals surface area contributed by atoms with E-state index in [0.717, 1.165) is 16.9 Å². The van der Waals surface area contributed by atoms with E-state index in [1.165, 1.54) is 0 Å². The number of ether oxygens (including phenoxy) is 1. The molecule has 1 N–H and O–H groups in total. The van der Waals surface area contributed by atoms with Crippen molar-refractivity contribution in [2.45, 2.75) is 19.4 Å². The monoisotopic (exact) mass is 337 g/mol. The minimum absolute atomic E-state index is 0.0509. The Morgan fingerprint density at radius 3 is 2.76 bits per heavy atom. The van der Waals surface area contributed by atoms with Gasteiger partial charge in [0.1, 0.15) is 5.75 Å². The maximum atomic E-state index is 11.9. The van der Waals surface area contributed by atoms with Crippen molar-refractivity contribution in [1.29, 1.82) is 0 Å². The highest BCUT2D eigenvalue weighted by molar-refractivity contribution is 5.76. The Morgan fingerprint density at radius 2 is 1.96 bits per heavy atom. The van der Waals surface area contributed by atoms with Gasteiger partial charge in [0.05, 0.1) is 7.11 Å². The third-order valence-electron chi connectivity index (χ3n) is 3.68. The van der Waals surface area contributed by atoms with Crippen LogP contribution in [-0.2, 0) is 17.8 Å². The van der Waals surface area contributed by atoms with E-state index in [0.29, 0.717) is 31.2 Å². The third-order valence-corrected chi connectivity index (χ3v) is 3.68. The fraction of sp³-hybridized carbons (Fsp3) is 0.211. The number of hydrogen-bond acceptors (Lipinski definition) is 5. The van der Waals surface area contributed by atoms with Crippen molar-refractivity contribution in [3.05, 3.63) is 66.1 Å². The molecule has 0 radical (unpaired) electrons. The fourth-order valence-electron chi connectivity index (χ4n) is 2.33. The van der Waals surface area contributed by atoms with Crippen LogP contribution in [0.15, 0.2) is 59.0 Å². The molecule has 0 atom stereocenters. The Balaban J connectivity index is 1.52. The van der Waals surface area contributed by atoms with E-state index in [2.05, 4.69) is 15.5 Å². The molecule has 6 heteroatoms. The van der Waals surface area contributed by atoms with Gasteiger partial charge in [-0.25, -0.2) is 0 Å². The fourth-order valence-corrected chi connectivity index (χ4v) is 2.33. The van der Waals surface area contributed by atoms with Gasteiger partial charge in [0.25, 0.3) is 0 Å². The van der Waals surface area contributed by atoms with E-state index in [9.17, 15) is 4.79 Å². The number of methoxy groups -OCH3 is 1. The zero-order valence-corrected chi connectivity index (χ0v) is 13.9. The number of rotatable bonds is 7. The first-order valence-corrected chi connectivity index (χ1v) is 8.02. The topological polar surface area (TPSA) is 77.2 Å². The van der Waals surface area contributed by atoms with Crippen LogP contribution in [0.25, 0.3) is 11.5 Å². The van der Waals surface area contributed by atoms with E-state index >= 15 is 0 Å². The molecule has 1 aromatic heterocycles. The molecular weight excluding hydrogens is 318 g/mol. The van der Waals surface area contributed by atoms with Gasteiger partial charge in [-0.05, 0) is 23.8 Å². The Hall–Kier alpha value is -3.15. The summed E-state index contributed by atoms with van der Waals surface area (Å²) in [4.78, 5) is 11.9. The standard InChI is InChI=1S/C19H19N3O3/c1-24-16-9-5-8-15(12-16)19-22-21-18(25-19)11-10-17(23)20-13-14-6-3-2-4-7-14/h2-9,12H,10-11,13H2,1H3,(H,20,23). The van der Waals surface area contributed by atoms with Crippen LogP contribution in [0, 0.1) is 0 Å². The molecule has 3 aromatic rings. The van der Waals surface area contributed by atoms with Crippen molar-refractivity contribution < 1.29 is 13.9 Å². The molecule has 0 unspecified atom stereocenters. The molecule has 2 aromatic carbocycles. The molecule has 0 bridgehead atoms. The molecule has 1 amide bonds. The van der Waals surface area contributed by atoms with Crippen LogP contribution >= 0.6 is 0 Å². The van der Waals surface area contributed by atoms with Gasteiger partial charge in [-0.2, -0.15) is 0 Å². The maximum absolute atomic E-state index is 11.9. The summed E-state index contributed by atoms with van der Waals surface area (Å²) in [5, 5.41) is 10.9. The first-order chi connectivity index (χ1) is 12.2. The minimum Gasteiger partial charge on any atom is -0.497 e. The number of benzene rings is 2. The SMILES string of the molecule is COc1cccc(-c2nnc(CCC(=O)NCc3ccccc3)o2)c1. The lowest BCUT2D eigenvalue weighted by Gasteiger charge is -2.04. The average molecular weight is 337 g/mol. The second-order valence-electron chi connectivity index (χ2n) is 5.50. The van der Waals surface area contributed by atoms with Crippen LogP contribution in [0.5, 0.6) is 5.75 Å². The van der Waals surface area contributed by atoms with Crippen molar-refractivity contribution in [2.75, 3.05) is 7.11 Å². The largest absolute Gasteiger partial charge is 0.497 e. The molecule has 0 saturated heterocycles. The van der Waals surface area contributed by atoms with Gasteiger partial charge in [0.15, 0.2) is 0 Å². The van der Waals surface area contributed by atoms with Gasteiger partial charge in [-0.1, -0.05) is 36.4 Å². The quantitative estimate of drug-likeness (QED) is 0.717. The maximum Gasteiger partial charge on any atom is 0.247 e. The molecule has 1 heterocycles. The predicted octanol–water partition coefficient (Wildman–Crippen LogP) is 2.99. The summed E-state index contributed by atoms with van der Waals surface area (Å²) in [5.74, 6) is 1.52. The second-order valence-corrected chi connectivity index (χ2v) is 5.50. The lowest BCUT2D eigenvalue weighted by Crippen LogP contribution is -2.22. The molecule has 3 rings (SSSR count). The molecule has 128 valence electrons. The zero-order chi connectivity index (χ0) is 17.5. The van der Waals surface area contributed by atoms with Gasteiger partial charge < -0.3 is 14.5 Å². The summed E-state index contributed by atoms with van der Waals surface area (Å²) in [5.41, 5.74) is 1.85. The molecule has 6 nitrogen and oxygen atoms in total. The van der Waals surface area contributed by atoms with Crippen molar-refractivity contribution in [1.82, 2.24) is 15.5 Å². The van der Waals surface area contributed by atoms with Crippen LogP contribution in [0.3, 0.4) is 0 Å². The van der Waals surface area contributed by atoms with Crippen LogP contribution in [0.1, 0.15) is 17.9 Å². The van der Waals surface area contributed by atoms with Crippen molar-refractivity contribution in [2.24, 2.45) is 0 Å². The highest BCUT2D eigenvalue weighted by Crippen LogP contribution is 2.22. The predicted molar refractivity (Wildman–Crippen MR) is 92.9 cm³/mol. The molecule has 0 aliphatic carbocycles. The smallest absolute Gasteiger partial charge is 0.247 e. The molecular formula is C19H19N3O3. The first-order valence-electron chi connectivity index (χ1n) is 8.02. The Kier molecular flexibility index (Phi) is 5.41. The normalized spacial score (nSPS) is 10.4. The van der Waals surface area contributed by atoms with Crippen LogP contribution < -0.4 is 10.1 Å². The molecule has 25 heavy (non-hydrogen) atoms. The second kappa shape index (κ2) is 8.10. The lowest BCUT2D eigenvalue weighted by molar-refractivity contribution is -0.121. The molecule has 0 aliphatic heterocycles. The van der Waals surface area contributed by atoms with Crippen molar-refractivity contribution in [3.63, 3.8) is 0 Å². The number of nitrogens with zero attached hydrogens (tertiary/aromatic N) is 2. The molecule has 0 spiro atoms. The summed E-state index contributed by atoms with van der Waals surface area (Å²) in [6, 6.07) is 17.2. The van der Waals surface area contributed by atoms with E-state index in [-0.39, 0.29) is 5.91 Å². The summed E-state index contributed by atoms with van der Waals surface area (Å²) in [6.45, 7) is 0.512. The number of carbonyl (C=O) groups is 1. The summed E-state index contributed by atoms with van der Waals surface area (Å²) >= 11 is 0. The lowest BCUT2D eigenvalue weighted by atomic mass is 10.2. The number of carbonyl (C=O) groups excluding carboxylic acids is 1. The average Bonchev–Trinajstić information content (AvgIpc) is 3.15. The highest BCUT2D eigenvalue weighted by Gasteiger charge is 2.11. The van der Waals surface area contributed by atoms with E-state index < -0.39 is 0 Å². The van der Waals surface area contributed by atoms with Crippen LogP contribution in [-0.4, -0.2) is 23.2 Å². The summed E-state index contributed by atoms with van der Waals surface area (Å²) < 4.78 is 10.8. The number of amides is 1. The number of aromatic nitrogens is 2. The zero-order valence-electron chi connectivity index (χ0n) is 13.9. The summed E-state index contributed by atoms with van der Waals surface area (Å²) in [6.07, 6.45) is 0.699. The minimum atomic E-state index is -0.0509. The van der Waals surface area contributed by atoms with Crippen LogP contribution in [0.4, 0.5) is 0 Å². The number of aryl methyl sites for hydroxylation is 1. The van der Waals surface area contributed by atoms with Gasteiger partial charge in [-0.3, -0.25) is 4.79 Å². The van der Waals surface area contributed by atoms with Gasteiger partial charge in [0.2, 0.25) is 17.7 Å². The summed E-state index contributed by atoms with van der Waals surface area (Å²) in [7, 11) is 1.60.